The Balaban J connectivity index is 2.52. The van der Waals surface area contributed by atoms with Crippen molar-refractivity contribution in [3.8, 4) is 0 Å². The van der Waals surface area contributed by atoms with E-state index in [1.54, 1.807) is 6.07 Å². The number of hydrogen-bond donors (Lipinski definition) is 0. The Morgan fingerprint density at radius 1 is 1.27 bits per heavy atom. The third-order valence-corrected chi connectivity index (χ3v) is 2.41. The van der Waals surface area contributed by atoms with Crippen LogP contribution in [0, 0.1) is 0 Å². The smallest absolute Gasteiger partial charge is 0.210 e. The Labute approximate surface area is 86.5 Å². The Bertz CT molecular complexity index is 468. The van der Waals surface area contributed by atoms with Crippen LogP contribution in [0.15, 0.2) is 24.4 Å². The molecule has 0 spiro atoms. The van der Waals surface area contributed by atoms with Crippen LogP contribution < -0.4 is 0 Å². The van der Waals surface area contributed by atoms with E-state index in [0.717, 1.165) is 10.9 Å². The average molecular weight is 210 g/mol. The van der Waals surface area contributed by atoms with Crippen LogP contribution in [0.2, 0.25) is 0 Å². The van der Waals surface area contributed by atoms with Gasteiger partial charge in [-0.15, -0.1) is 0 Å². The molecular weight excluding hydrogens is 198 g/mol. The molecule has 0 N–H and O–H groups in total. The largest absolute Gasteiger partial charge is 0.333 e. The van der Waals surface area contributed by atoms with Crippen molar-refractivity contribution in [2.75, 3.05) is 0 Å². The fourth-order valence-electron chi connectivity index (χ4n) is 1.52. The fraction of sp³-hybridized carbons (Fsp3) is 0.364. The molecule has 1 aromatic heterocycles. The van der Waals surface area contributed by atoms with Gasteiger partial charge in [-0.1, -0.05) is 19.9 Å². The van der Waals surface area contributed by atoms with E-state index < -0.39 is 6.55 Å². The molecule has 0 unspecified atom stereocenters. The second kappa shape index (κ2) is 3.61. The summed E-state index contributed by atoms with van der Waals surface area (Å²) in [6, 6.07) is 5.62. The predicted octanol–water partition coefficient (Wildman–Crippen LogP) is 3.55. The lowest BCUT2D eigenvalue weighted by Gasteiger charge is -2.03. The molecule has 15 heavy (non-hydrogen) atoms. The number of alkyl halides is 2. The first-order valence-corrected chi connectivity index (χ1v) is 4.85. The highest BCUT2D eigenvalue weighted by molar-refractivity contribution is 5.78. The van der Waals surface area contributed by atoms with Crippen molar-refractivity contribution < 1.29 is 8.78 Å². The van der Waals surface area contributed by atoms with Crippen LogP contribution in [0.1, 0.15) is 31.9 Å². The molecule has 2 nitrogen and oxygen atoms in total. The number of rotatable bonds is 2. The predicted molar refractivity (Wildman–Crippen MR) is 55.1 cm³/mol. The van der Waals surface area contributed by atoms with Crippen LogP contribution in [0.25, 0.3) is 10.9 Å². The SMILES string of the molecule is CC(C)c1ccc2nn(C(F)F)cc2c1. The number of halogens is 2. The number of nitrogens with zero attached hydrogens (tertiary/aromatic N) is 2. The van der Waals surface area contributed by atoms with Gasteiger partial charge in [-0.3, -0.25) is 0 Å². The lowest BCUT2D eigenvalue weighted by atomic mass is 10.0. The molecule has 0 saturated heterocycles. The summed E-state index contributed by atoms with van der Waals surface area (Å²) in [7, 11) is 0. The van der Waals surface area contributed by atoms with Crippen LogP contribution in [0.5, 0.6) is 0 Å². The summed E-state index contributed by atoms with van der Waals surface area (Å²) in [6.07, 6.45) is 1.38. The van der Waals surface area contributed by atoms with E-state index in [0.29, 0.717) is 16.1 Å². The molecule has 2 aromatic rings. The van der Waals surface area contributed by atoms with E-state index in [1.165, 1.54) is 6.20 Å². The maximum Gasteiger partial charge on any atom is 0.333 e. The van der Waals surface area contributed by atoms with E-state index >= 15 is 0 Å². The number of benzene rings is 1. The molecule has 0 amide bonds. The second-order valence-corrected chi connectivity index (χ2v) is 3.86. The van der Waals surface area contributed by atoms with Crippen LogP contribution in [0.3, 0.4) is 0 Å². The van der Waals surface area contributed by atoms with Gasteiger partial charge in [-0.25, -0.2) is 4.68 Å². The molecule has 0 radical (unpaired) electrons. The normalized spacial score (nSPS) is 11.9. The summed E-state index contributed by atoms with van der Waals surface area (Å²) in [4.78, 5) is 0. The first-order chi connectivity index (χ1) is 7.08. The molecule has 0 aliphatic carbocycles. The van der Waals surface area contributed by atoms with Crippen molar-refractivity contribution in [1.82, 2.24) is 9.78 Å². The quantitative estimate of drug-likeness (QED) is 0.741. The maximum absolute atomic E-state index is 12.4. The Morgan fingerprint density at radius 2 is 2.00 bits per heavy atom. The number of fused-ring (bicyclic) bond motifs is 1. The molecule has 1 aromatic carbocycles. The highest BCUT2D eigenvalue weighted by Crippen LogP contribution is 2.22. The number of aromatic nitrogens is 2. The van der Waals surface area contributed by atoms with Crippen molar-refractivity contribution >= 4 is 10.9 Å². The summed E-state index contributed by atoms with van der Waals surface area (Å²) >= 11 is 0. The molecule has 0 bridgehead atoms. The molecule has 0 saturated carbocycles. The molecule has 4 heteroatoms. The van der Waals surface area contributed by atoms with Gasteiger partial charge in [-0.05, 0) is 23.6 Å². The first kappa shape index (κ1) is 10.1. The molecule has 0 atom stereocenters. The van der Waals surface area contributed by atoms with Gasteiger partial charge in [0.25, 0.3) is 0 Å². The van der Waals surface area contributed by atoms with Crippen molar-refractivity contribution in [3.05, 3.63) is 30.0 Å². The van der Waals surface area contributed by atoms with Gasteiger partial charge in [0.15, 0.2) is 0 Å². The summed E-state index contributed by atoms with van der Waals surface area (Å²) < 4.78 is 25.4. The first-order valence-electron chi connectivity index (χ1n) is 4.85. The van der Waals surface area contributed by atoms with Crippen LogP contribution in [-0.4, -0.2) is 9.78 Å². The van der Waals surface area contributed by atoms with Gasteiger partial charge in [0.05, 0.1) is 5.52 Å². The minimum Gasteiger partial charge on any atom is -0.210 e. The van der Waals surface area contributed by atoms with Gasteiger partial charge in [0.1, 0.15) is 0 Å². The lowest BCUT2D eigenvalue weighted by molar-refractivity contribution is 0.0574. The van der Waals surface area contributed by atoms with E-state index in [-0.39, 0.29) is 0 Å². The maximum atomic E-state index is 12.4. The van der Waals surface area contributed by atoms with Crippen molar-refractivity contribution in [1.29, 1.82) is 0 Å². The van der Waals surface area contributed by atoms with Crippen LogP contribution in [-0.2, 0) is 0 Å². The van der Waals surface area contributed by atoms with Crippen molar-refractivity contribution in [3.63, 3.8) is 0 Å². The molecular formula is C11H12F2N2. The van der Waals surface area contributed by atoms with Crippen molar-refractivity contribution in [2.45, 2.75) is 26.3 Å². The summed E-state index contributed by atoms with van der Waals surface area (Å²) in [5.41, 5.74) is 1.75. The zero-order valence-corrected chi connectivity index (χ0v) is 8.61. The summed E-state index contributed by atoms with van der Waals surface area (Å²) in [5, 5.41) is 4.54. The monoisotopic (exact) mass is 210 g/mol. The topological polar surface area (TPSA) is 17.8 Å². The number of hydrogen-bond acceptors (Lipinski definition) is 1. The standard InChI is InChI=1S/C11H12F2N2/c1-7(2)8-3-4-10-9(5-8)6-15(14-10)11(12)13/h3-7,11H,1-2H3. The highest BCUT2D eigenvalue weighted by Gasteiger charge is 2.09. The minimum atomic E-state index is -2.57. The Morgan fingerprint density at radius 3 is 2.60 bits per heavy atom. The van der Waals surface area contributed by atoms with Crippen molar-refractivity contribution in [2.24, 2.45) is 0 Å². The molecule has 0 aliphatic rings. The zero-order valence-electron chi connectivity index (χ0n) is 8.61. The van der Waals surface area contributed by atoms with Gasteiger partial charge >= 0.3 is 6.55 Å². The molecule has 0 fully saturated rings. The van der Waals surface area contributed by atoms with Gasteiger partial charge < -0.3 is 0 Å². The Hall–Kier alpha value is -1.45. The fourth-order valence-corrected chi connectivity index (χ4v) is 1.52. The molecule has 80 valence electrons. The van der Waals surface area contributed by atoms with E-state index in [2.05, 4.69) is 18.9 Å². The molecule has 1 heterocycles. The molecule has 0 aliphatic heterocycles. The van der Waals surface area contributed by atoms with E-state index in [9.17, 15) is 8.78 Å². The van der Waals surface area contributed by atoms with E-state index in [1.807, 2.05) is 12.1 Å². The third-order valence-electron chi connectivity index (χ3n) is 2.41. The Kier molecular flexibility index (Phi) is 2.42. The lowest BCUT2D eigenvalue weighted by Crippen LogP contribution is -1.96. The highest BCUT2D eigenvalue weighted by atomic mass is 19.3. The van der Waals surface area contributed by atoms with Crippen LogP contribution in [0.4, 0.5) is 8.78 Å². The molecule has 2 rings (SSSR count). The second-order valence-electron chi connectivity index (χ2n) is 3.86. The van der Waals surface area contributed by atoms with E-state index in [4.69, 9.17) is 0 Å². The van der Waals surface area contributed by atoms with Gasteiger partial charge in [0.2, 0.25) is 0 Å². The third kappa shape index (κ3) is 1.84. The van der Waals surface area contributed by atoms with Crippen LogP contribution >= 0.6 is 0 Å². The summed E-state index contributed by atoms with van der Waals surface area (Å²) in [6.45, 7) is 1.57. The zero-order chi connectivity index (χ0) is 11.0. The minimum absolute atomic E-state index is 0.393. The average Bonchev–Trinajstić information content (AvgIpc) is 2.59. The van der Waals surface area contributed by atoms with Gasteiger partial charge in [0, 0.05) is 11.6 Å². The van der Waals surface area contributed by atoms with Gasteiger partial charge in [-0.2, -0.15) is 13.9 Å². The summed E-state index contributed by atoms with van der Waals surface area (Å²) in [5.74, 6) is 0.393.